The normalized spacial score (nSPS) is 34.9. The first kappa shape index (κ1) is 6.26. The lowest BCUT2D eigenvalue weighted by molar-refractivity contribution is -0.126. The van der Waals surface area contributed by atoms with Gasteiger partial charge in [-0.15, -0.1) is 0 Å². The topological polar surface area (TPSA) is 46.2 Å². The maximum atomic E-state index is 10.7. The minimum atomic E-state index is -0.146. The molecule has 0 aliphatic carbocycles. The number of imide groups is 1. The minimum Gasteiger partial charge on any atom is -0.296 e. The Morgan fingerprint density at radius 2 is 1.44 bits per heavy atom. The molecule has 0 aromatic rings. The van der Waals surface area contributed by atoms with Crippen LogP contribution < -0.4 is 5.32 Å². The monoisotopic (exact) mass is 127 g/mol. The van der Waals surface area contributed by atoms with Gasteiger partial charge in [0, 0.05) is 11.8 Å². The van der Waals surface area contributed by atoms with Gasteiger partial charge in [-0.05, 0) is 0 Å². The van der Waals surface area contributed by atoms with Gasteiger partial charge in [0.25, 0.3) is 0 Å². The van der Waals surface area contributed by atoms with Crippen LogP contribution in [0.3, 0.4) is 0 Å². The van der Waals surface area contributed by atoms with E-state index in [1.165, 1.54) is 0 Å². The first-order valence-corrected chi connectivity index (χ1v) is 2.97. The summed E-state index contributed by atoms with van der Waals surface area (Å²) in [6.45, 7) is 3.51. The van der Waals surface area contributed by atoms with Crippen molar-refractivity contribution < 1.29 is 9.59 Å². The molecule has 0 saturated carbocycles. The Kier molecular flexibility index (Phi) is 1.27. The number of rotatable bonds is 0. The molecule has 9 heavy (non-hydrogen) atoms. The van der Waals surface area contributed by atoms with Crippen molar-refractivity contribution in [2.45, 2.75) is 13.8 Å². The van der Waals surface area contributed by atoms with Crippen LogP contribution in [0.4, 0.5) is 0 Å². The lowest BCUT2D eigenvalue weighted by atomic mass is 10.00. The fourth-order valence-corrected chi connectivity index (χ4v) is 0.803. The maximum Gasteiger partial charge on any atom is 0.230 e. The van der Waals surface area contributed by atoms with Gasteiger partial charge < -0.3 is 0 Å². The third-order valence-electron chi connectivity index (χ3n) is 1.82. The summed E-state index contributed by atoms with van der Waals surface area (Å²) in [5, 5.41) is 2.24. The second-order valence-corrected chi connectivity index (χ2v) is 2.43. The van der Waals surface area contributed by atoms with Gasteiger partial charge in [0.1, 0.15) is 0 Å². The molecule has 0 aromatic carbocycles. The molecule has 1 N–H and O–H groups in total. The number of carbonyl (C=O) groups is 2. The Morgan fingerprint density at radius 3 is 1.56 bits per heavy atom. The second-order valence-electron chi connectivity index (χ2n) is 2.43. The van der Waals surface area contributed by atoms with Crippen molar-refractivity contribution in [2.24, 2.45) is 11.8 Å². The standard InChI is InChI=1S/C6H9NO2/c1-3-4(2)6(9)7-5(3)8/h3-4H,1-2H3,(H,7,8,9)/t3-,4-/m1/s1. The number of nitrogens with one attached hydrogen (secondary N) is 1. The van der Waals surface area contributed by atoms with Crippen LogP contribution in [-0.2, 0) is 9.59 Å². The summed E-state index contributed by atoms with van der Waals surface area (Å²) >= 11 is 0. The summed E-state index contributed by atoms with van der Waals surface area (Å²) in [7, 11) is 0. The van der Waals surface area contributed by atoms with Crippen molar-refractivity contribution in [2.75, 3.05) is 0 Å². The zero-order valence-corrected chi connectivity index (χ0v) is 5.47. The van der Waals surface area contributed by atoms with Crippen molar-refractivity contribution in [1.29, 1.82) is 0 Å². The Balaban J connectivity index is 2.77. The van der Waals surface area contributed by atoms with Crippen LogP contribution >= 0.6 is 0 Å². The van der Waals surface area contributed by atoms with E-state index in [4.69, 9.17) is 0 Å². The highest BCUT2D eigenvalue weighted by molar-refractivity contribution is 6.04. The van der Waals surface area contributed by atoms with Gasteiger partial charge in [-0.3, -0.25) is 14.9 Å². The molecule has 3 heteroatoms. The van der Waals surface area contributed by atoms with Gasteiger partial charge in [-0.25, -0.2) is 0 Å². The molecule has 0 unspecified atom stereocenters. The molecule has 1 fully saturated rings. The quantitative estimate of drug-likeness (QED) is 0.462. The van der Waals surface area contributed by atoms with Crippen LogP contribution in [0.25, 0.3) is 0 Å². The summed E-state index contributed by atoms with van der Waals surface area (Å²) in [5.41, 5.74) is 0. The molecule has 0 spiro atoms. The van der Waals surface area contributed by atoms with Gasteiger partial charge in [0.05, 0.1) is 0 Å². The van der Waals surface area contributed by atoms with Crippen LogP contribution in [0.2, 0.25) is 0 Å². The van der Waals surface area contributed by atoms with Gasteiger partial charge in [0.15, 0.2) is 0 Å². The molecule has 1 rings (SSSR count). The van der Waals surface area contributed by atoms with E-state index >= 15 is 0 Å². The van der Waals surface area contributed by atoms with Crippen molar-refractivity contribution in [3.63, 3.8) is 0 Å². The van der Waals surface area contributed by atoms with Crippen LogP contribution in [0.5, 0.6) is 0 Å². The fraction of sp³-hybridized carbons (Fsp3) is 0.667. The van der Waals surface area contributed by atoms with E-state index in [0.717, 1.165) is 0 Å². The highest BCUT2D eigenvalue weighted by Gasteiger charge is 2.34. The highest BCUT2D eigenvalue weighted by Crippen LogP contribution is 2.16. The van der Waals surface area contributed by atoms with Crippen molar-refractivity contribution >= 4 is 11.8 Å². The molecule has 1 saturated heterocycles. The SMILES string of the molecule is C[C@H]1C(=O)NC(=O)[C@@H]1C. The highest BCUT2D eigenvalue weighted by atomic mass is 16.2. The van der Waals surface area contributed by atoms with E-state index in [0.29, 0.717) is 0 Å². The molecule has 3 nitrogen and oxygen atoms in total. The van der Waals surface area contributed by atoms with Crippen molar-refractivity contribution in [1.82, 2.24) is 5.32 Å². The first-order chi connectivity index (χ1) is 4.13. The average molecular weight is 127 g/mol. The van der Waals surface area contributed by atoms with E-state index in [1.54, 1.807) is 13.8 Å². The maximum absolute atomic E-state index is 10.7. The molecule has 0 radical (unpaired) electrons. The Labute approximate surface area is 53.4 Å². The first-order valence-electron chi connectivity index (χ1n) is 2.97. The number of hydrogen-bond acceptors (Lipinski definition) is 2. The van der Waals surface area contributed by atoms with Gasteiger partial charge in [-0.1, -0.05) is 13.8 Å². The minimum absolute atomic E-state index is 0.141. The second kappa shape index (κ2) is 1.83. The number of hydrogen-bond donors (Lipinski definition) is 1. The Morgan fingerprint density at radius 1 is 1.11 bits per heavy atom. The molecule has 0 bridgehead atoms. The van der Waals surface area contributed by atoms with Crippen molar-refractivity contribution in [3.8, 4) is 0 Å². The molecule has 1 aliphatic heterocycles. The molecule has 2 amide bonds. The van der Waals surface area contributed by atoms with E-state index in [9.17, 15) is 9.59 Å². The molecular formula is C6H9NO2. The molecule has 50 valence electrons. The van der Waals surface area contributed by atoms with E-state index < -0.39 is 0 Å². The zero-order chi connectivity index (χ0) is 7.02. The third kappa shape index (κ3) is 0.823. The molecule has 2 atom stereocenters. The van der Waals surface area contributed by atoms with E-state index in [-0.39, 0.29) is 23.7 Å². The van der Waals surface area contributed by atoms with Gasteiger partial charge >= 0.3 is 0 Å². The van der Waals surface area contributed by atoms with Gasteiger partial charge in [0.2, 0.25) is 11.8 Å². The molecule has 0 aromatic heterocycles. The molecule has 1 heterocycles. The van der Waals surface area contributed by atoms with E-state index in [1.807, 2.05) is 0 Å². The zero-order valence-electron chi connectivity index (χ0n) is 5.47. The third-order valence-corrected chi connectivity index (χ3v) is 1.82. The molecule has 1 aliphatic rings. The summed E-state index contributed by atoms with van der Waals surface area (Å²) in [4.78, 5) is 21.3. The van der Waals surface area contributed by atoms with Crippen LogP contribution in [0.1, 0.15) is 13.8 Å². The predicted octanol–water partition coefficient (Wildman–Crippen LogP) is -0.0850. The predicted molar refractivity (Wildman–Crippen MR) is 31.5 cm³/mol. The van der Waals surface area contributed by atoms with Crippen LogP contribution in [0, 0.1) is 11.8 Å². The lowest BCUT2D eigenvalue weighted by Crippen LogP contribution is -2.21. The largest absolute Gasteiger partial charge is 0.296 e. The number of amides is 2. The Bertz CT molecular complexity index is 146. The van der Waals surface area contributed by atoms with E-state index in [2.05, 4.69) is 5.32 Å². The summed E-state index contributed by atoms with van der Waals surface area (Å²) in [6.07, 6.45) is 0. The smallest absolute Gasteiger partial charge is 0.230 e. The van der Waals surface area contributed by atoms with Crippen LogP contribution in [0.15, 0.2) is 0 Å². The van der Waals surface area contributed by atoms with Crippen molar-refractivity contribution in [3.05, 3.63) is 0 Å². The summed E-state index contributed by atoms with van der Waals surface area (Å²) < 4.78 is 0. The molecular weight excluding hydrogens is 118 g/mol. The van der Waals surface area contributed by atoms with Gasteiger partial charge in [-0.2, -0.15) is 0 Å². The summed E-state index contributed by atoms with van der Waals surface area (Å²) in [5.74, 6) is -0.574. The average Bonchev–Trinajstić information content (AvgIpc) is 1.98. The van der Waals surface area contributed by atoms with Crippen LogP contribution in [-0.4, -0.2) is 11.8 Å². The summed E-state index contributed by atoms with van der Waals surface area (Å²) in [6, 6.07) is 0. The Hall–Kier alpha value is -0.860. The lowest BCUT2D eigenvalue weighted by Gasteiger charge is -1.99. The number of carbonyl (C=O) groups excluding carboxylic acids is 2. The fourth-order valence-electron chi connectivity index (χ4n) is 0.803.